The van der Waals surface area contributed by atoms with Crippen LogP contribution in [-0.2, 0) is 0 Å². The fourth-order valence-corrected chi connectivity index (χ4v) is 3.56. The summed E-state index contributed by atoms with van der Waals surface area (Å²) in [5.41, 5.74) is 9.63. The van der Waals surface area contributed by atoms with Crippen molar-refractivity contribution in [1.29, 1.82) is 0 Å². The van der Waals surface area contributed by atoms with Gasteiger partial charge in [0.05, 0.1) is 12.2 Å². The summed E-state index contributed by atoms with van der Waals surface area (Å²) in [6, 6.07) is 4.31. The zero-order chi connectivity index (χ0) is 15.1. The predicted molar refractivity (Wildman–Crippen MR) is 87.5 cm³/mol. The van der Waals surface area contributed by atoms with Gasteiger partial charge < -0.3 is 10.6 Å². The molecule has 1 aromatic carbocycles. The summed E-state index contributed by atoms with van der Waals surface area (Å²) in [4.78, 5) is 6.76. The van der Waals surface area contributed by atoms with Gasteiger partial charge in [0.25, 0.3) is 0 Å². The first-order valence-electron chi connectivity index (χ1n) is 6.60. The largest absolute Gasteiger partial charge is 0.323 e. The molecule has 0 saturated carbocycles. The maximum atomic E-state index is 13.7. The number of rotatable bonds is 2. The van der Waals surface area contributed by atoms with Crippen LogP contribution in [0, 0.1) is 5.82 Å². The van der Waals surface area contributed by atoms with E-state index in [4.69, 9.17) is 17.3 Å². The number of fused-ring (bicyclic) bond motifs is 1. The molecule has 0 spiro atoms. The summed E-state index contributed by atoms with van der Waals surface area (Å²) in [6.45, 7) is 4.54. The van der Waals surface area contributed by atoms with Crippen LogP contribution in [0.4, 0.5) is 4.39 Å². The summed E-state index contributed by atoms with van der Waals surface area (Å²) in [6.07, 6.45) is 0. The second-order valence-electron chi connectivity index (χ2n) is 5.17. The number of amidine groups is 1. The molecule has 3 rings (SSSR count). The van der Waals surface area contributed by atoms with Gasteiger partial charge in [-0.25, -0.2) is 9.38 Å². The Balaban J connectivity index is 2.12. The molecule has 0 bridgehead atoms. The van der Waals surface area contributed by atoms with Gasteiger partial charge in [-0.3, -0.25) is 0 Å². The molecule has 0 aliphatic carbocycles. The number of thioether (sulfide) groups is 1. The zero-order valence-corrected chi connectivity index (χ0v) is 13.3. The van der Waals surface area contributed by atoms with E-state index < -0.39 is 0 Å². The zero-order valence-electron chi connectivity index (χ0n) is 11.7. The highest BCUT2D eigenvalue weighted by atomic mass is 35.5. The van der Waals surface area contributed by atoms with Crippen molar-refractivity contribution in [3.05, 3.63) is 51.4 Å². The van der Waals surface area contributed by atoms with Crippen LogP contribution in [0.5, 0.6) is 0 Å². The summed E-state index contributed by atoms with van der Waals surface area (Å²) in [5, 5.41) is 3.35. The molecular weight excluding hydrogens is 309 g/mol. The van der Waals surface area contributed by atoms with E-state index in [1.54, 1.807) is 17.8 Å². The third kappa shape index (κ3) is 2.73. The lowest BCUT2D eigenvalue weighted by molar-refractivity contribution is 0.580. The minimum Gasteiger partial charge on any atom is -0.323 e. The lowest BCUT2D eigenvalue weighted by Crippen LogP contribution is -2.32. The van der Waals surface area contributed by atoms with Crippen molar-refractivity contribution in [1.82, 2.24) is 4.90 Å². The minimum absolute atomic E-state index is 0.224. The second kappa shape index (κ2) is 5.48. The van der Waals surface area contributed by atoms with Crippen LogP contribution in [-0.4, -0.2) is 22.7 Å². The number of aliphatic imine (C=N–C) groups is 1. The summed E-state index contributed by atoms with van der Waals surface area (Å²) < 4.78 is 13.7. The summed E-state index contributed by atoms with van der Waals surface area (Å²) in [7, 11) is 0. The molecule has 0 fully saturated rings. The number of hydrogen-bond acceptors (Lipinski definition) is 4. The number of halogens is 2. The molecule has 110 valence electrons. The maximum absolute atomic E-state index is 13.7. The van der Waals surface area contributed by atoms with Gasteiger partial charge in [0.2, 0.25) is 0 Å². The third-order valence-corrected chi connectivity index (χ3v) is 4.68. The Morgan fingerprint density at radius 1 is 1.43 bits per heavy atom. The molecule has 2 N–H and O–H groups in total. The SMILES string of the molecule is CC1=CSC2=NC(C(C)N)=C(c3cc(F)cc(Cl)c3)CN12. The first kappa shape index (κ1) is 14.6. The first-order chi connectivity index (χ1) is 9.95. The van der Waals surface area contributed by atoms with E-state index in [1.165, 1.54) is 12.1 Å². The molecule has 2 aliphatic rings. The lowest BCUT2D eigenvalue weighted by atomic mass is 9.99. The first-order valence-corrected chi connectivity index (χ1v) is 7.86. The van der Waals surface area contributed by atoms with Crippen LogP contribution in [0.1, 0.15) is 19.4 Å². The average molecular weight is 324 g/mol. The Labute approximate surface area is 132 Å². The Kier molecular flexibility index (Phi) is 3.82. The summed E-state index contributed by atoms with van der Waals surface area (Å²) in [5.74, 6) is -0.355. The molecule has 0 aromatic heterocycles. The molecule has 1 aromatic rings. The maximum Gasteiger partial charge on any atom is 0.173 e. The van der Waals surface area contributed by atoms with Crippen molar-refractivity contribution in [2.75, 3.05) is 6.54 Å². The van der Waals surface area contributed by atoms with Gasteiger partial charge >= 0.3 is 0 Å². The molecule has 0 radical (unpaired) electrons. The monoisotopic (exact) mass is 323 g/mol. The minimum atomic E-state index is -0.355. The quantitative estimate of drug-likeness (QED) is 0.899. The van der Waals surface area contributed by atoms with E-state index >= 15 is 0 Å². The van der Waals surface area contributed by atoms with Crippen molar-refractivity contribution >= 4 is 34.1 Å². The summed E-state index contributed by atoms with van der Waals surface area (Å²) >= 11 is 7.56. The highest BCUT2D eigenvalue weighted by Gasteiger charge is 2.29. The van der Waals surface area contributed by atoms with Crippen molar-refractivity contribution in [2.24, 2.45) is 10.7 Å². The molecular formula is C15H15ClFN3S. The molecule has 0 saturated heterocycles. The van der Waals surface area contributed by atoms with Crippen LogP contribution < -0.4 is 5.73 Å². The molecule has 0 amide bonds. The molecule has 6 heteroatoms. The van der Waals surface area contributed by atoms with Crippen LogP contribution in [0.25, 0.3) is 5.57 Å². The fourth-order valence-electron chi connectivity index (χ4n) is 2.45. The van der Waals surface area contributed by atoms with E-state index in [1.807, 2.05) is 13.8 Å². The van der Waals surface area contributed by atoms with Crippen LogP contribution in [0.3, 0.4) is 0 Å². The Bertz CT molecular complexity index is 674. The van der Waals surface area contributed by atoms with Crippen LogP contribution in [0.2, 0.25) is 5.02 Å². The van der Waals surface area contributed by atoms with E-state index in [2.05, 4.69) is 15.3 Å². The highest BCUT2D eigenvalue weighted by Crippen LogP contribution is 2.36. The molecule has 2 heterocycles. The number of allylic oxidation sites excluding steroid dienone is 1. The predicted octanol–water partition coefficient (Wildman–Crippen LogP) is 3.82. The standard InChI is InChI=1S/C15H15ClFN3S/c1-8-7-21-15-19-14(9(2)18)13(6-20(8)15)10-3-11(16)5-12(17)4-10/h3-5,7,9H,6,18H2,1-2H3. The number of hydrogen-bond donors (Lipinski definition) is 1. The molecule has 1 unspecified atom stereocenters. The third-order valence-electron chi connectivity index (χ3n) is 3.48. The van der Waals surface area contributed by atoms with Crippen molar-refractivity contribution in [3.63, 3.8) is 0 Å². The van der Waals surface area contributed by atoms with Gasteiger partial charge in [0.1, 0.15) is 5.82 Å². The smallest absolute Gasteiger partial charge is 0.173 e. The van der Waals surface area contributed by atoms with E-state index in [0.29, 0.717) is 11.6 Å². The van der Waals surface area contributed by atoms with Crippen LogP contribution >= 0.6 is 23.4 Å². The number of nitrogens with zero attached hydrogens (tertiary/aromatic N) is 2. The molecule has 21 heavy (non-hydrogen) atoms. The van der Waals surface area contributed by atoms with Crippen molar-refractivity contribution in [2.45, 2.75) is 19.9 Å². The topological polar surface area (TPSA) is 41.6 Å². The van der Waals surface area contributed by atoms with Gasteiger partial charge in [0.15, 0.2) is 5.17 Å². The lowest BCUT2D eigenvalue weighted by Gasteiger charge is -2.29. The van der Waals surface area contributed by atoms with Gasteiger partial charge in [-0.15, -0.1) is 0 Å². The van der Waals surface area contributed by atoms with Gasteiger partial charge in [0, 0.05) is 22.3 Å². The van der Waals surface area contributed by atoms with Crippen molar-refractivity contribution < 1.29 is 4.39 Å². The number of nitrogens with two attached hydrogens (primary N) is 1. The van der Waals surface area contributed by atoms with Gasteiger partial charge in [-0.2, -0.15) is 0 Å². The van der Waals surface area contributed by atoms with Gasteiger partial charge in [-0.1, -0.05) is 23.4 Å². The Hall–Kier alpha value is -1.30. The molecule has 3 nitrogen and oxygen atoms in total. The van der Waals surface area contributed by atoms with E-state index in [0.717, 1.165) is 27.7 Å². The number of benzene rings is 1. The normalized spacial score (nSPS) is 19.4. The van der Waals surface area contributed by atoms with E-state index in [9.17, 15) is 4.39 Å². The van der Waals surface area contributed by atoms with Crippen LogP contribution in [0.15, 0.2) is 40.0 Å². The van der Waals surface area contributed by atoms with Crippen molar-refractivity contribution in [3.8, 4) is 0 Å². The molecule has 1 atom stereocenters. The second-order valence-corrected chi connectivity index (χ2v) is 6.44. The Morgan fingerprint density at radius 3 is 2.86 bits per heavy atom. The van der Waals surface area contributed by atoms with E-state index in [-0.39, 0.29) is 11.9 Å². The van der Waals surface area contributed by atoms with Gasteiger partial charge in [-0.05, 0) is 43.0 Å². The molecule has 2 aliphatic heterocycles. The highest BCUT2D eigenvalue weighted by molar-refractivity contribution is 8.16. The fraction of sp³-hybridized carbons (Fsp3) is 0.267. The Morgan fingerprint density at radius 2 is 2.19 bits per heavy atom. The average Bonchev–Trinajstić information content (AvgIpc) is 2.77.